The van der Waals surface area contributed by atoms with Crippen LogP contribution in [0, 0.1) is 20.8 Å². The summed E-state index contributed by atoms with van der Waals surface area (Å²) in [5.74, 6) is 1.21. The van der Waals surface area contributed by atoms with E-state index in [-0.39, 0.29) is 5.91 Å². The molecule has 1 amide bonds. The zero-order valence-corrected chi connectivity index (χ0v) is 16.2. The summed E-state index contributed by atoms with van der Waals surface area (Å²) in [6.45, 7) is 6.10. The van der Waals surface area contributed by atoms with Gasteiger partial charge in [0, 0.05) is 12.4 Å². The zero-order chi connectivity index (χ0) is 19.0. The highest BCUT2D eigenvalue weighted by Crippen LogP contribution is 2.32. The molecule has 0 aliphatic rings. The Morgan fingerprint density at radius 1 is 1.19 bits per heavy atom. The van der Waals surface area contributed by atoms with E-state index in [2.05, 4.69) is 18.0 Å². The van der Waals surface area contributed by atoms with Gasteiger partial charge in [0.05, 0.1) is 22.3 Å². The van der Waals surface area contributed by atoms with Crippen LogP contribution in [0.3, 0.4) is 0 Å². The predicted molar refractivity (Wildman–Crippen MR) is 107 cm³/mol. The Bertz CT molecular complexity index is 1120. The largest absolute Gasteiger partial charge is 0.466 e. The summed E-state index contributed by atoms with van der Waals surface area (Å²) in [4.78, 5) is 23.9. The molecule has 0 radical (unpaired) electrons. The third-order valence-corrected chi connectivity index (χ3v) is 5.38. The lowest BCUT2D eigenvalue weighted by molar-refractivity contribution is 0.0983. The fourth-order valence-corrected chi connectivity index (χ4v) is 4.09. The number of hydrogen-bond donors (Lipinski definition) is 0. The van der Waals surface area contributed by atoms with Crippen molar-refractivity contribution in [3.8, 4) is 0 Å². The highest BCUT2D eigenvalue weighted by molar-refractivity contribution is 7.22. The average molecular weight is 377 g/mol. The topological polar surface area (TPSA) is 59.2 Å². The Labute approximate surface area is 161 Å². The second kappa shape index (κ2) is 6.96. The molecule has 0 aliphatic carbocycles. The molecule has 0 bridgehead atoms. The molecule has 4 aromatic rings. The minimum absolute atomic E-state index is 0.121. The maximum Gasteiger partial charge on any atom is 0.263 e. The van der Waals surface area contributed by atoms with Gasteiger partial charge in [-0.3, -0.25) is 14.7 Å². The van der Waals surface area contributed by atoms with Gasteiger partial charge in [0.15, 0.2) is 5.13 Å². The summed E-state index contributed by atoms with van der Waals surface area (Å²) in [6, 6.07) is 11.7. The molecule has 0 saturated heterocycles. The van der Waals surface area contributed by atoms with Crippen molar-refractivity contribution in [3.63, 3.8) is 0 Å². The number of carbonyl (C=O) groups is 1. The molecular weight excluding hydrogens is 358 g/mol. The number of nitrogens with zero attached hydrogens (tertiary/aromatic N) is 3. The second-order valence-corrected chi connectivity index (χ2v) is 7.56. The maximum absolute atomic E-state index is 13.3. The van der Waals surface area contributed by atoms with Gasteiger partial charge in [0.2, 0.25) is 0 Å². The molecule has 0 atom stereocenters. The molecule has 6 heteroatoms. The number of pyridine rings is 1. The predicted octanol–water partition coefficient (Wildman–Crippen LogP) is 5.06. The number of fused-ring (bicyclic) bond motifs is 1. The van der Waals surface area contributed by atoms with Crippen molar-refractivity contribution in [1.29, 1.82) is 0 Å². The molecular formula is C21H19N3O2S. The monoisotopic (exact) mass is 377 g/mol. The molecule has 3 aromatic heterocycles. The number of rotatable bonds is 4. The zero-order valence-electron chi connectivity index (χ0n) is 15.4. The Morgan fingerprint density at radius 3 is 2.74 bits per heavy atom. The number of furan rings is 1. The Hall–Kier alpha value is -2.99. The van der Waals surface area contributed by atoms with Crippen LogP contribution in [0.1, 0.15) is 33.0 Å². The number of thiazole rings is 1. The average Bonchev–Trinajstić information content (AvgIpc) is 3.22. The highest BCUT2D eigenvalue weighted by atomic mass is 32.1. The molecule has 1 aromatic carbocycles. The summed E-state index contributed by atoms with van der Waals surface area (Å²) in [5, 5.41) is 0.669. The van der Waals surface area contributed by atoms with Gasteiger partial charge in [-0.15, -0.1) is 0 Å². The van der Waals surface area contributed by atoms with Crippen molar-refractivity contribution in [2.75, 3.05) is 4.90 Å². The Morgan fingerprint density at radius 2 is 2.04 bits per heavy atom. The van der Waals surface area contributed by atoms with Crippen molar-refractivity contribution in [2.24, 2.45) is 0 Å². The molecule has 0 fully saturated rings. The van der Waals surface area contributed by atoms with Gasteiger partial charge in [-0.05, 0) is 56.2 Å². The van der Waals surface area contributed by atoms with Crippen LogP contribution in [0.25, 0.3) is 10.2 Å². The molecule has 5 nitrogen and oxygen atoms in total. The summed E-state index contributed by atoms with van der Waals surface area (Å²) >= 11 is 1.52. The van der Waals surface area contributed by atoms with Crippen molar-refractivity contribution < 1.29 is 9.21 Å². The number of carbonyl (C=O) groups excluding carboxylic acids is 1. The lowest BCUT2D eigenvalue weighted by Crippen LogP contribution is -2.30. The van der Waals surface area contributed by atoms with Crippen LogP contribution in [0.2, 0.25) is 0 Å². The number of hydrogen-bond acceptors (Lipinski definition) is 5. The van der Waals surface area contributed by atoms with Gasteiger partial charge in [-0.1, -0.05) is 23.5 Å². The number of benzene rings is 1. The van der Waals surface area contributed by atoms with Crippen LogP contribution in [0.5, 0.6) is 0 Å². The van der Waals surface area contributed by atoms with Gasteiger partial charge in [0.25, 0.3) is 5.91 Å². The first-order valence-corrected chi connectivity index (χ1v) is 9.48. The molecule has 0 saturated carbocycles. The van der Waals surface area contributed by atoms with E-state index < -0.39 is 0 Å². The van der Waals surface area contributed by atoms with Crippen LogP contribution < -0.4 is 4.90 Å². The molecule has 136 valence electrons. The van der Waals surface area contributed by atoms with Crippen LogP contribution in [0.15, 0.2) is 53.2 Å². The lowest BCUT2D eigenvalue weighted by Gasteiger charge is -2.19. The lowest BCUT2D eigenvalue weighted by atomic mass is 10.2. The number of anilines is 1. The molecule has 0 N–H and O–H groups in total. The minimum atomic E-state index is -0.121. The minimum Gasteiger partial charge on any atom is -0.466 e. The van der Waals surface area contributed by atoms with Gasteiger partial charge in [-0.2, -0.15) is 0 Å². The highest BCUT2D eigenvalue weighted by Gasteiger charge is 2.25. The maximum atomic E-state index is 13.3. The van der Waals surface area contributed by atoms with E-state index in [1.54, 1.807) is 23.4 Å². The SMILES string of the molecule is Cc1ccc2nc(N(Cc3cccnc3)C(=O)c3cc(C)oc3C)sc2c1. The number of aromatic nitrogens is 2. The quantitative estimate of drug-likeness (QED) is 0.499. The van der Waals surface area contributed by atoms with Crippen molar-refractivity contribution in [3.05, 3.63) is 77.0 Å². The first-order chi connectivity index (χ1) is 13.0. The van der Waals surface area contributed by atoms with Gasteiger partial charge in [0.1, 0.15) is 11.5 Å². The first kappa shape index (κ1) is 17.4. The fraction of sp³-hybridized carbons (Fsp3) is 0.190. The van der Waals surface area contributed by atoms with E-state index in [1.165, 1.54) is 16.9 Å². The van der Waals surface area contributed by atoms with E-state index in [0.717, 1.165) is 21.5 Å². The van der Waals surface area contributed by atoms with Gasteiger partial charge >= 0.3 is 0 Å². The Kier molecular flexibility index (Phi) is 4.49. The van der Waals surface area contributed by atoms with Crippen LogP contribution in [-0.4, -0.2) is 15.9 Å². The molecule has 0 aliphatic heterocycles. The summed E-state index contributed by atoms with van der Waals surface area (Å²) in [6.07, 6.45) is 3.49. The molecule has 27 heavy (non-hydrogen) atoms. The molecule has 0 spiro atoms. The van der Waals surface area contributed by atoms with Crippen molar-refractivity contribution in [1.82, 2.24) is 9.97 Å². The third-order valence-electron chi connectivity index (χ3n) is 4.34. The smallest absolute Gasteiger partial charge is 0.263 e. The van der Waals surface area contributed by atoms with E-state index in [4.69, 9.17) is 9.40 Å². The van der Waals surface area contributed by atoms with Crippen LogP contribution in [-0.2, 0) is 6.54 Å². The van der Waals surface area contributed by atoms with Crippen LogP contribution >= 0.6 is 11.3 Å². The molecule has 3 heterocycles. The van der Waals surface area contributed by atoms with Crippen molar-refractivity contribution >= 4 is 32.6 Å². The summed E-state index contributed by atoms with van der Waals surface area (Å²) in [5.41, 5.74) is 3.57. The number of aryl methyl sites for hydroxylation is 3. The second-order valence-electron chi connectivity index (χ2n) is 6.55. The third kappa shape index (κ3) is 3.48. The first-order valence-electron chi connectivity index (χ1n) is 8.66. The van der Waals surface area contributed by atoms with Crippen LogP contribution in [0.4, 0.5) is 5.13 Å². The number of amides is 1. The normalized spacial score (nSPS) is 11.1. The fourth-order valence-electron chi connectivity index (χ4n) is 3.02. The Balaban J connectivity index is 1.79. The standard InChI is InChI=1S/C21H19N3O2S/c1-13-6-7-18-19(9-13)27-21(23-18)24(12-16-5-4-8-22-11-16)20(25)17-10-14(2)26-15(17)3/h4-11H,12H2,1-3H3. The molecule has 4 rings (SSSR count). The molecule has 0 unspecified atom stereocenters. The van der Waals surface area contributed by atoms with E-state index in [1.807, 2.05) is 38.1 Å². The van der Waals surface area contributed by atoms with Gasteiger partial charge in [-0.25, -0.2) is 4.98 Å². The van der Waals surface area contributed by atoms with E-state index >= 15 is 0 Å². The summed E-state index contributed by atoms with van der Waals surface area (Å²) in [7, 11) is 0. The van der Waals surface area contributed by atoms with E-state index in [9.17, 15) is 4.79 Å². The van der Waals surface area contributed by atoms with Gasteiger partial charge < -0.3 is 4.42 Å². The van der Waals surface area contributed by atoms with Crippen molar-refractivity contribution in [2.45, 2.75) is 27.3 Å². The van der Waals surface area contributed by atoms with E-state index in [0.29, 0.717) is 23.0 Å². The summed E-state index contributed by atoms with van der Waals surface area (Å²) < 4.78 is 6.63.